The van der Waals surface area contributed by atoms with E-state index in [4.69, 9.17) is 27.9 Å². The number of esters is 1. The molecule has 2 aromatic carbocycles. The lowest BCUT2D eigenvalue weighted by Crippen LogP contribution is -2.40. The molecule has 1 heterocycles. The van der Waals surface area contributed by atoms with E-state index in [0.717, 1.165) is 11.1 Å². The summed E-state index contributed by atoms with van der Waals surface area (Å²) < 4.78 is 5.70. The Morgan fingerprint density at radius 1 is 1.03 bits per heavy atom. The second-order valence-electron chi connectivity index (χ2n) is 8.63. The van der Waals surface area contributed by atoms with Crippen molar-refractivity contribution in [1.29, 1.82) is 0 Å². The maximum Gasteiger partial charge on any atom is 0.316 e. The third-order valence-corrected chi connectivity index (χ3v) is 5.20. The molecule has 29 heavy (non-hydrogen) atoms. The molecule has 0 saturated heterocycles. The van der Waals surface area contributed by atoms with Gasteiger partial charge in [-0.15, -0.1) is 0 Å². The van der Waals surface area contributed by atoms with Crippen LogP contribution >= 0.6 is 23.2 Å². The highest BCUT2D eigenvalue weighted by atomic mass is 35.5. The van der Waals surface area contributed by atoms with Gasteiger partial charge in [0.2, 0.25) is 0 Å². The van der Waals surface area contributed by atoms with E-state index in [2.05, 4.69) is 5.32 Å². The predicted molar refractivity (Wildman–Crippen MR) is 117 cm³/mol. The zero-order chi connectivity index (χ0) is 21.6. The van der Waals surface area contributed by atoms with E-state index in [1.54, 1.807) is 52.8 Å². The van der Waals surface area contributed by atoms with Crippen molar-refractivity contribution in [2.75, 3.05) is 0 Å². The van der Waals surface area contributed by atoms with Crippen LogP contribution in [0.1, 0.15) is 40.2 Å². The van der Waals surface area contributed by atoms with Gasteiger partial charge in [0, 0.05) is 15.6 Å². The van der Waals surface area contributed by atoms with Crippen molar-refractivity contribution in [3.8, 4) is 11.1 Å². The highest BCUT2D eigenvalue weighted by molar-refractivity contribution is 6.36. The first-order valence-corrected chi connectivity index (χ1v) is 10.0. The quantitative estimate of drug-likeness (QED) is 0.618. The van der Waals surface area contributed by atoms with Gasteiger partial charge < -0.3 is 10.1 Å². The molecule has 0 radical (unpaired) electrons. The maximum atomic E-state index is 12.7. The third kappa shape index (κ3) is 4.34. The molecule has 1 amide bonds. The monoisotopic (exact) mass is 431 g/mol. The number of ether oxygens (including phenoxy) is 1. The van der Waals surface area contributed by atoms with Crippen molar-refractivity contribution in [1.82, 2.24) is 5.32 Å². The lowest BCUT2D eigenvalue weighted by Gasteiger charge is -2.25. The molecule has 3 rings (SSSR count). The number of amides is 1. The van der Waals surface area contributed by atoms with Crippen molar-refractivity contribution in [2.45, 2.75) is 40.2 Å². The summed E-state index contributed by atoms with van der Waals surface area (Å²) in [6, 6.07) is 12.8. The fourth-order valence-corrected chi connectivity index (χ4v) is 3.52. The van der Waals surface area contributed by atoms with Gasteiger partial charge >= 0.3 is 5.97 Å². The van der Waals surface area contributed by atoms with Crippen LogP contribution < -0.4 is 5.32 Å². The van der Waals surface area contributed by atoms with Crippen LogP contribution in [0.15, 0.2) is 48.2 Å². The number of carbonyl (C=O) groups is 2. The number of carbonyl (C=O) groups excluding carboxylic acids is 2. The first-order valence-electron chi connectivity index (χ1n) is 9.25. The lowest BCUT2D eigenvalue weighted by atomic mass is 9.95. The Balaban J connectivity index is 2.09. The average Bonchev–Trinajstić information content (AvgIpc) is 2.82. The van der Waals surface area contributed by atoms with Crippen LogP contribution in [0, 0.1) is 5.41 Å². The molecule has 0 saturated carbocycles. The van der Waals surface area contributed by atoms with Crippen molar-refractivity contribution in [2.24, 2.45) is 5.41 Å². The van der Waals surface area contributed by atoms with Gasteiger partial charge in [0.1, 0.15) is 5.76 Å². The lowest BCUT2D eigenvalue weighted by molar-refractivity contribution is -0.149. The smallest absolute Gasteiger partial charge is 0.316 e. The Morgan fingerprint density at radius 3 is 2.28 bits per heavy atom. The van der Waals surface area contributed by atoms with Gasteiger partial charge in [-0.2, -0.15) is 0 Å². The number of benzene rings is 2. The van der Waals surface area contributed by atoms with Crippen molar-refractivity contribution >= 4 is 40.7 Å². The Kier molecular flexibility index (Phi) is 5.54. The van der Waals surface area contributed by atoms with Gasteiger partial charge in [-0.25, -0.2) is 0 Å². The van der Waals surface area contributed by atoms with E-state index < -0.39 is 16.9 Å². The first-order chi connectivity index (χ1) is 13.4. The third-order valence-electron chi connectivity index (χ3n) is 4.65. The summed E-state index contributed by atoms with van der Waals surface area (Å²) in [5.41, 5.74) is 1.03. The predicted octanol–water partition coefficient (Wildman–Crippen LogP) is 5.87. The molecule has 0 aromatic heterocycles. The van der Waals surface area contributed by atoms with Crippen LogP contribution in [0.3, 0.4) is 0 Å². The summed E-state index contributed by atoms with van der Waals surface area (Å²) in [5.74, 6) is -0.467. The van der Waals surface area contributed by atoms with E-state index >= 15 is 0 Å². The molecular formula is C23H23Cl2NO3. The Labute approximate surface area is 180 Å². The first kappa shape index (κ1) is 21.4. The molecule has 1 aliphatic heterocycles. The zero-order valence-electron chi connectivity index (χ0n) is 17.0. The fraction of sp³-hybridized carbons (Fsp3) is 0.304. The summed E-state index contributed by atoms with van der Waals surface area (Å²) >= 11 is 12.6. The minimum Gasteiger partial charge on any atom is -0.427 e. The van der Waals surface area contributed by atoms with Gasteiger partial charge in [0.25, 0.3) is 5.91 Å². The molecule has 1 aliphatic rings. The standard InChI is InChI=1S/C23H23Cl2NO3/c1-22(2,3)21(28)29-19-18(20(27)26-23(19,4)5)16-10-9-14(12-17(16)25)13-7-6-8-15(24)11-13/h6-12H,1-5H3,(H,26,27). The molecule has 4 nitrogen and oxygen atoms in total. The van der Waals surface area contributed by atoms with E-state index in [-0.39, 0.29) is 17.2 Å². The molecule has 0 atom stereocenters. The fourth-order valence-electron chi connectivity index (χ4n) is 3.05. The number of rotatable bonds is 3. The maximum absolute atomic E-state index is 12.7. The molecule has 2 aromatic rings. The van der Waals surface area contributed by atoms with E-state index in [1.165, 1.54) is 0 Å². The Hall–Kier alpha value is -2.30. The molecule has 6 heteroatoms. The number of hydrogen-bond donors (Lipinski definition) is 1. The van der Waals surface area contributed by atoms with Crippen LogP contribution in [0.2, 0.25) is 10.0 Å². The molecule has 0 spiro atoms. The number of hydrogen-bond acceptors (Lipinski definition) is 3. The normalized spacial score (nSPS) is 16.0. The van der Waals surface area contributed by atoms with Crippen LogP contribution in [0.5, 0.6) is 0 Å². The summed E-state index contributed by atoms with van der Waals surface area (Å²) in [7, 11) is 0. The van der Waals surface area contributed by atoms with E-state index in [9.17, 15) is 9.59 Å². The minimum atomic E-state index is -0.831. The molecule has 1 N–H and O–H groups in total. The second-order valence-corrected chi connectivity index (χ2v) is 9.47. The average molecular weight is 432 g/mol. The zero-order valence-corrected chi connectivity index (χ0v) is 18.5. The van der Waals surface area contributed by atoms with Gasteiger partial charge in [-0.05, 0) is 63.9 Å². The molecule has 152 valence electrons. The Morgan fingerprint density at radius 2 is 1.69 bits per heavy atom. The van der Waals surface area contributed by atoms with Crippen LogP contribution in [-0.2, 0) is 14.3 Å². The molecular weight excluding hydrogens is 409 g/mol. The van der Waals surface area contributed by atoms with Crippen molar-refractivity contribution in [3.63, 3.8) is 0 Å². The summed E-state index contributed by atoms with van der Waals surface area (Å²) in [6.45, 7) is 8.87. The molecule has 0 unspecified atom stereocenters. The topological polar surface area (TPSA) is 55.4 Å². The van der Waals surface area contributed by atoms with Crippen LogP contribution in [-0.4, -0.2) is 17.4 Å². The van der Waals surface area contributed by atoms with E-state index in [0.29, 0.717) is 15.6 Å². The minimum absolute atomic E-state index is 0.273. The second kappa shape index (κ2) is 7.51. The SMILES string of the molecule is CC(C)(C)C(=O)OC1=C(c2ccc(-c3cccc(Cl)c3)cc2Cl)C(=O)NC1(C)C. The largest absolute Gasteiger partial charge is 0.427 e. The van der Waals surface area contributed by atoms with Crippen LogP contribution in [0.25, 0.3) is 16.7 Å². The van der Waals surface area contributed by atoms with Gasteiger partial charge in [-0.3, -0.25) is 9.59 Å². The number of nitrogens with one attached hydrogen (secondary N) is 1. The highest BCUT2D eigenvalue weighted by Crippen LogP contribution is 2.39. The Bertz CT molecular complexity index is 1030. The van der Waals surface area contributed by atoms with Crippen molar-refractivity contribution in [3.05, 3.63) is 63.8 Å². The number of halogens is 2. The van der Waals surface area contributed by atoms with Gasteiger partial charge in [-0.1, -0.05) is 47.5 Å². The van der Waals surface area contributed by atoms with E-state index in [1.807, 2.05) is 24.3 Å². The summed E-state index contributed by atoms with van der Waals surface area (Å²) in [4.78, 5) is 25.3. The molecule has 0 fully saturated rings. The van der Waals surface area contributed by atoms with Crippen LogP contribution in [0.4, 0.5) is 0 Å². The van der Waals surface area contributed by atoms with Gasteiger partial charge in [0.15, 0.2) is 0 Å². The van der Waals surface area contributed by atoms with Gasteiger partial charge in [0.05, 0.1) is 16.5 Å². The molecule has 0 aliphatic carbocycles. The molecule has 0 bridgehead atoms. The highest BCUT2D eigenvalue weighted by Gasteiger charge is 2.43. The van der Waals surface area contributed by atoms with Crippen molar-refractivity contribution < 1.29 is 14.3 Å². The summed E-state index contributed by atoms with van der Waals surface area (Å²) in [5, 5.41) is 3.87. The summed E-state index contributed by atoms with van der Waals surface area (Å²) in [6.07, 6.45) is 0.